The van der Waals surface area contributed by atoms with Gasteiger partial charge in [0.25, 0.3) is 0 Å². The van der Waals surface area contributed by atoms with Crippen molar-refractivity contribution >= 4 is 33.4 Å². The third-order valence-electron chi connectivity index (χ3n) is 3.44. The molecule has 1 N–H and O–H groups in total. The second-order valence-electron chi connectivity index (χ2n) is 4.89. The molecule has 0 aliphatic carbocycles. The van der Waals surface area contributed by atoms with Crippen molar-refractivity contribution in [1.29, 1.82) is 0 Å². The highest BCUT2D eigenvalue weighted by Gasteiger charge is 2.12. The van der Waals surface area contributed by atoms with Crippen LogP contribution in [0.3, 0.4) is 0 Å². The summed E-state index contributed by atoms with van der Waals surface area (Å²) in [6.07, 6.45) is 5.63. The summed E-state index contributed by atoms with van der Waals surface area (Å²) in [5.41, 5.74) is 0.975. The minimum absolute atomic E-state index is 0.639. The first kappa shape index (κ1) is 13.4. The SMILES string of the molecule is Brc1ccccc1Nc1nccc(N2CCCCC2)n1. The Hall–Kier alpha value is -1.62. The van der Waals surface area contributed by atoms with Gasteiger partial charge in [-0.3, -0.25) is 0 Å². The fourth-order valence-corrected chi connectivity index (χ4v) is 2.78. The van der Waals surface area contributed by atoms with Crippen LogP contribution in [-0.2, 0) is 0 Å². The highest BCUT2D eigenvalue weighted by atomic mass is 79.9. The van der Waals surface area contributed by atoms with Gasteiger partial charge in [0.05, 0.1) is 5.69 Å². The van der Waals surface area contributed by atoms with Crippen molar-refractivity contribution < 1.29 is 0 Å². The molecule has 0 saturated carbocycles. The van der Waals surface area contributed by atoms with Gasteiger partial charge >= 0.3 is 0 Å². The Labute approximate surface area is 127 Å². The monoisotopic (exact) mass is 332 g/mol. The largest absolute Gasteiger partial charge is 0.356 e. The quantitative estimate of drug-likeness (QED) is 0.923. The first-order chi connectivity index (χ1) is 9.83. The summed E-state index contributed by atoms with van der Waals surface area (Å²) in [6, 6.07) is 9.95. The molecule has 1 aromatic heterocycles. The third kappa shape index (κ3) is 3.10. The lowest BCUT2D eigenvalue weighted by atomic mass is 10.1. The van der Waals surface area contributed by atoms with Crippen LogP contribution in [0.2, 0.25) is 0 Å². The minimum atomic E-state index is 0.639. The van der Waals surface area contributed by atoms with Gasteiger partial charge in [0.15, 0.2) is 0 Å². The fourth-order valence-electron chi connectivity index (χ4n) is 2.39. The van der Waals surface area contributed by atoms with Crippen LogP contribution in [0.25, 0.3) is 0 Å². The second-order valence-corrected chi connectivity index (χ2v) is 5.75. The van der Waals surface area contributed by atoms with Gasteiger partial charge in [-0.25, -0.2) is 4.98 Å². The minimum Gasteiger partial charge on any atom is -0.356 e. The van der Waals surface area contributed by atoms with E-state index in [-0.39, 0.29) is 0 Å². The van der Waals surface area contributed by atoms with Gasteiger partial charge in [-0.05, 0) is 53.4 Å². The Morgan fingerprint density at radius 3 is 2.65 bits per heavy atom. The van der Waals surface area contributed by atoms with Crippen LogP contribution >= 0.6 is 15.9 Å². The van der Waals surface area contributed by atoms with E-state index in [2.05, 4.69) is 36.1 Å². The summed E-state index contributed by atoms with van der Waals surface area (Å²) in [7, 11) is 0. The van der Waals surface area contributed by atoms with E-state index in [0.717, 1.165) is 29.1 Å². The lowest BCUT2D eigenvalue weighted by Gasteiger charge is -2.27. The van der Waals surface area contributed by atoms with Crippen molar-refractivity contribution in [1.82, 2.24) is 9.97 Å². The van der Waals surface area contributed by atoms with Gasteiger partial charge in [0.1, 0.15) is 5.82 Å². The Balaban J connectivity index is 1.79. The van der Waals surface area contributed by atoms with Crippen LogP contribution in [0.4, 0.5) is 17.5 Å². The molecular weight excluding hydrogens is 316 g/mol. The van der Waals surface area contributed by atoms with E-state index < -0.39 is 0 Å². The number of hydrogen-bond acceptors (Lipinski definition) is 4. The predicted octanol–water partition coefficient (Wildman–Crippen LogP) is 3.97. The molecule has 104 valence electrons. The molecule has 20 heavy (non-hydrogen) atoms. The van der Waals surface area contributed by atoms with Crippen molar-refractivity contribution in [3.05, 3.63) is 41.0 Å². The number of nitrogens with zero attached hydrogens (tertiary/aromatic N) is 3. The molecule has 3 rings (SSSR count). The standard InChI is InChI=1S/C15H17BrN4/c16-12-6-2-3-7-13(12)18-15-17-9-8-14(19-15)20-10-4-1-5-11-20/h2-3,6-9H,1,4-5,10-11H2,(H,17,18,19). The van der Waals surface area contributed by atoms with E-state index >= 15 is 0 Å². The van der Waals surface area contributed by atoms with E-state index in [0.29, 0.717) is 5.95 Å². The number of nitrogens with one attached hydrogen (secondary N) is 1. The number of hydrogen-bond donors (Lipinski definition) is 1. The molecule has 0 amide bonds. The molecule has 1 aliphatic heterocycles. The first-order valence-corrected chi connectivity index (χ1v) is 7.72. The molecule has 1 aliphatic rings. The zero-order valence-corrected chi connectivity index (χ0v) is 12.8. The number of aromatic nitrogens is 2. The summed E-state index contributed by atoms with van der Waals surface area (Å²) in [6.45, 7) is 2.18. The van der Waals surface area contributed by atoms with Crippen LogP contribution in [0.1, 0.15) is 19.3 Å². The van der Waals surface area contributed by atoms with Crippen molar-refractivity contribution in [3.8, 4) is 0 Å². The number of halogens is 1. The summed E-state index contributed by atoms with van der Waals surface area (Å²) < 4.78 is 1.01. The van der Waals surface area contributed by atoms with Crippen LogP contribution in [-0.4, -0.2) is 23.1 Å². The average Bonchev–Trinajstić information content (AvgIpc) is 2.51. The van der Waals surface area contributed by atoms with Crippen LogP contribution in [0.5, 0.6) is 0 Å². The highest BCUT2D eigenvalue weighted by Crippen LogP contribution is 2.25. The number of benzene rings is 1. The molecule has 2 heterocycles. The van der Waals surface area contributed by atoms with E-state index in [9.17, 15) is 0 Å². The number of para-hydroxylation sites is 1. The Kier molecular flexibility index (Phi) is 4.16. The molecule has 1 saturated heterocycles. The lowest BCUT2D eigenvalue weighted by molar-refractivity contribution is 0.573. The van der Waals surface area contributed by atoms with Gasteiger partial charge in [0, 0.05) is 23.8 Å². The molecule has 5 heteroatoms. The van der Waals surface area contributed by atoms with E-state index in [1.165, 1.54) is 19.3 Å². The Morgan fingerprint density at radius 1 is 1.05 bits per heavy atom. The van der Waals surface area contributed by atoms with Crippen molar-refractivity contribution in [3.63, 3.8) is 0 Å². The molecule has 2 aromatic rings. The maximum absolute atomic E-state index is 4.62. The molecule has 4 nitrogen and oxygen atoms in total. The van der Waals surface area contributed by atoms with Crippen LogP contribution in [0.15, 0.2) is 41.0 Å². The van der Waals surface area contributed by atoms with E-state index in [4.69, 9.17) is 0 Å². The molecular formula is C15H17BrN4. The smallest absolute Gasteiger partial charge is 0.229 e. The summed E-state index contributed by atoms with van der Waals surface area (Å²) in [5.74, 6) is 1.65. The van der Waals surface area contributed by atoms with Crippen LogP contribution < -0.4 is 10.2 Å². The number of anilines is 3. The zero-order chi connectivity index (χ0) is 13.8. The molecule has 1 fully saturated rings. The van der Waals surface area contributed by atoms with Crippen LogP contribution in [0, 0.1) is 0 Å². The normalized spacial score (nSPS) is 15.2. The third-order valence-corrected chi connectivity index (χ3v) is 4.13. The van der Waals surface area contributed by atoms with E-state index in [1.807, 2.05) is 36.5 Å². The van der Waals surface area contributed by atoms with Crippen molar-refractivity contribution in [2.45, 2.75) is 19.3 Å². The molecule has 0 atom stereocenters. The number of rotatable bonds is 3. The molecule has 0 unspecified atom stereocenters. The lowest BCUT2D eigenvalue weighted by Crippen LogP contribution is -2.30. The Bertz CT molecular complexity index is 582. The average molecular weight is 333 g/mol. The van der Waals surface area contributed by atoms with Crippen molar-refractivity contribution in [2.75, 3.05) is 23.3 Å². The second kappa shape index (κ2) is 6.22. The maximum atomic E-state index is 4.62. The zero-order valence-electron chi connectivity index (χ0n) is 11.2. The topological polar surface area (TPSA) is 41.1 Å². The highest BCUT2D eigenvalue weighted by molar-refractivity contribution is 9.10. The van der Waals surface area contributed by atoms with Gasteiger partial charge in [-0.1, -0.05) is 12.1 Å². The van der Waals surface area contributed by atoms with E-state index in [1.54, 1.807) is 0 Å². The van der Waals surface area contributed by atoms with Gasteiger partial charge in [-0.2, -0.15) is 4.98 Å². The molecule has 0 spiro atoms. The van der Waals surface area contributed by atoms with Gasteiger partial charge in [-0.15, -0.1) is 0 Å². The molecule has 1 aromatic carbocycles. The van der Waals surface area contributed by atoms with Gasteiger partial charge < -0.3 is 10.2 Å². The molecule has 0 bridgehead atoms. The number of piperidine rings is 1. The van der Waals surface area contributed by atoms with Gasteiger partial charge in [0.2, 0.25) is 5.95 Å². The fraction of sp³-hybridized carbons (Fsp3) is 0.333. The maximum Gasteiger partial charge on any atom is 0.229 e. The first-order valence-electron chi connectivity index (χ1n) is 6.92. The van der Waals surface area contributed by atoms with Crippen molar-refractivity contribution in [2.24, 2.45) is 0 Å². The summed E-state index contributed by atoms with van der Waals surface area (Å²) in [4.78, 5) is 11.2. The summed E-state index contributed by atoms with van der Waals surface area (Å²) >= 11 is 3.52. The molecule has 0 radical (unpaired) electrons. The summed E-state index contributed by atoms with van der Waals surface area (Å²) in [5, 5.41) is 3.26. The predicted molar refractivity (Wildman–Crippen MR) is 85.5 cm³/mol. The Morgan fingerprint density at radius 2 is 1.85 bits per heavy atom.